The Hall–Kier alpha value is -1.58. The summed E-state index contributed by atoms with van der Waals surface area (Å²) >= 11 is 0. The maximum Gasteiger partial charge on any atom is 0.254 e. The fourth-order valence-corrected chi connectivity index (χ4v) is 3.94. The number of aryl methyl sites for hydroxylation is 1. The Kier molecular flexibility index (Phi) is 4.13. The van der Waals surface area contributed by atoms with Gasteiger partial charge in [0.1, 0.15) is 5.82 Å². The van der Waals surface area contributed by atoms with E-state index in [4.69, 9.17) is 0 Å². The highest BCUT2D eigenvalue weighted by molar-refractivity contribution is 5.95. The lowest BCUT2D eigenvalue weighted by molar-refractivity contribution is 0.0548. The number of anilines is 1. The molecule has 1 aromatic rings. The number of carbonyl (C=O) groups is 1. The Balaban J connectivity index is 1.84. The zero-order valence-electron chi connectivity index (χ0n) is 13.1. The minimum Gasteiger partial charge on any atom is -0.370 e. The number of piperidine rings is 1. The second kappa shape index (κ2) is 6.04. The quantitative estimate of drug-likeness (QED) is 0.928. The fourth-order valence-electron chi connectivity index (χ4n) is 3.94. The molecule has 3 rings (SSSR count). The lowest BCUT2D eigenvalue weighted by Crippen LogP contribution is -2.46. The first-order valence-corrected chi connectivity index (χ1v) is 8.22. The molecule has 0 bridgehead atoms. The van der Waals surface area contributed by atoms with Crippen molar-refractivity contribution in [2.45, 2.75) is 52.0 Å². The van der Waals surface area contributed by atoms with Gasteiger partial charge in [0.2, 0.25) is 0 Å². The largest absolute Gasteiger partial charge is 0.370 e. The molecule has 1 amide bonds. The SMILES string of the molecule is CCNc1cc(C(=O)N2CCCC3CCCC32)cc(C)n1. The molecule has 114 valence electrons. The van der Waals surface area contributed by atoms with Crippen LogP contribution in [0.5, 0.6) is 0 Å². The van der Waals surface area contributed by atoms with Crippen molar-refractivity contribution in [3.05, 3.63) is 23.4 Å². The van der Waals surface area contributed by atoms with E-state index in [1.807, 2.05) is 26.0 Å². The topological polar surface area (TPSA) is 45.2 Å². The molecule has 2 heterocycles. The van der Waals surface area contributed by atoms with Crippen molar-refractivity contribution in [1.29, 1.82) is 0 Å². The van der Waals surface area contributed by atoms with E-state index in [0.29, 0.717) is 6.04 Å². The van der Waals surface area contributed by atoms with Gasteiger partial charge >= 0.3 is 0 Å². The maximum atomic E-state index is 12.9. The highest BCUT2D eigenvalue weighted by Crippen LogP contribution is 2.37. The highest BCUT2D eigenvalue weighted by atomic mass is 16.2. The van der Waals surface area contributed by atoms with Gasteiger partial charge in [0.25, 0.3) is 5.91 Å². The molecule has 2 unspecified atom stereocenters. The Morgan fingerprint density at radius 2 is 2.14 bits per heavy atom. The summed E-state index contributed by atoms with van der Waals surface area (Å²) in [6, 6.07) is 4.29. The smallest absolute Gasteiger partial charge is 0.254 e. The summed E-state index contributed by atoms with van der Waals surface area (Å²) in [5, 5.41) is 3.21. The van der Waals surface area contributed by atoms with Crippen LogP contribution in [-0.2, 0) is 0 Å². The summed E-state index contributed by atoms with van der Waals surface area (Å²) in [5.41, 5.74) is 1.68. The van der Waals surface area contributed by atoms with E-state index in [1.165, 1.54) is 25.7 Å². The standard InChI is InChI=1S/C17H25N3O/c1-3-18-16-11-14(10-12(2)19-16)17(21)20-9-5-7-13-6-4-8-15(13)20/h10-11,13,15H,3-9H2,1-2H3,(H,18,19). The average molecular weight is 287 g/mol. The lowest BCUT2D eigenvalue weighted by Gasteiger charge is -2.38. The van der Waals surface area contributed by atoms with E-state index in [0.717, 1.165) is 42.5 Å². The molecule has 1 aliphatic heterocycles. The number of nitrogens with zero attached hydrogens (tertiary/aromatic N) is 2. The van der Waals surface area contributed by atoms with E-state index in [2.05, 4.69) is 15.2 Å². The van der Waals surface area contributed by atoms with Gasteiger partial charge in [-0.25, -0.2) is 4.98 Å². The summed E-state index contributed by atoms with van der Waals surface area (Å²) in [6.07, 6.45) is 6.20. The number of nitrogens with one attached hydrogen (secondary N) is 1. The number of amides is 1. The Morgan fingerprint density at radius 3 is 2.95 bits per heavy atom. The number of hydrogen-bond donors (Lipinski definition) is 1. The van der Waals surface area contributed by atoms with Crippen LogP contribution in [0.25, 0.3) is 0 Å². The van der Waals surface area contributed by atoms with Gasteiger partial charge in [-0.3, -0.25) is 4.79 Å². The van der Waals surface area contributed by atoms with Crippen molar-refractivity contribution in [1.82, 2.24) is 9.88 Å². The van der Waals surface area contributed by atoms with Crippen LogP contribution >= 0.6 is 0 Å². The van der Waals surface area contributed by atoms with Crippen molar-refractivity contribution in [3.8, 4) is 0 Å². The van der Waals surface area contributed by atoms with Crippen molar-refractivity contribution in [2.24, 2.45) is 5.92 Å². The zero-order valence-corrected chi connectivity index (χ0v) is 13.1. The summed E-state index contributed by atoms with van der Waals surface area (Å²) in [4.78, 5) is 19.5. The number of carbonyl (C=O) groups excluding carboxylic acids is 1. The highest BCUT2D eigenvalue weighted by Gasteiger charge is 2.37. The predicted octanol–water partition coefficient (Wildman–Crippen LogP) is 3.23. The van der Waals surface area contributed by atoms with Crippen LogP contribution in [0.1, 0.15) is 55.1 Å². The molecule has 1 aliphatic carbocycles. The minimum absolute atomic E-state index is 0.191. The average Bonchev–Trinajstić information content (AvgIpc) is 2.94. The van der Waals surface area contributed by atoms with Gasteiger partial charge in [0.15, 0.2) is 0 Å². The molecular weight excluding hydrogens is 262 g/mol. The first-order chi connectivity index (χ1) is 10.2. The molecule has 0 spiro atoms. The molecule has 0 radical (unpaired) electrons. The number of rotatable bonds is 3. The number of hydrogen-bond acceptors (Lipinski definition) is 3. The molecule has 1 saturated heterocycles. The van der Waals surface area contributed by atoms with Crippen molar-refractivity contribution >= 4 is 11.7 Å². The maximum absolute atomic E-state index is 12.9. The van der Waals surface area contributed by atoms with E-state index >= 15 is 0 Å². The molecular formula is C17H25N3O. The van der Waals surface area contributed by atoms with Crippen LogP contribution in [-0.4, -0.2) is 34.9 Å². The summed E-state index contributed by atoms with van der Waals surface area (Å²) < 4.78 is 0. The lowest BCUT2D eigenvalue weighted by atomic mass is 9.91. The third kappa shape index (κ3) is 2.89. The van der Waals surface area contributed by atoms with Gasteiger partial charge in [-0.2, -0.15) is 0 Å². The molecule has 1 aromatic heterocycles. The fraction of sp³-hybridized carbons (Fsp3) is 0.647. The predicted molar refractivity (Wildman–Crippen MR) is 84.5 cm³/mol. The van der Waals surface area contributed by atoms with Crippen LogP contribution in [0.2, 0.25) is 0 Å². The van der Waals surface area contributed by atoms with Gasteiger partial charge in [0, 0.05) is 30.4 Å². The second-order valence-electron chi connectivity index (χ2n) is 6.31. The molecule has 2 aliphatic rings. The molecule has 2 fully saturated rings. The van der Waals surface area contributed by atoms with Gasteiger partial charge in [-0.15, -0.1) is 0 Å². The monoisotopic (exact) mass is 287 g/mol. The summed E-state index contributed by atoms with van der Waals surface area (Å²) in [5.74, 6) is 1.73. The number of aromatic nitrogens is 1. The Bertz CT molecular complexity index is 529. The normalized spacial score (nSPS) is 24.8. The van der Waals surface area contributed by atoms with Crippen LogP contribution in [0.3, 0.4) is 0 Å². The zero-order chi connectivity index (χ0) is 14.8. The minimum atomic E-state index is 0.191. The van der Waals surface area contributed by atoms with E-state index in [-0.39, 0.29) is 5.91 Å². The Labute approximate surface area is 126 Å². The van der Waals surface area contributed by atoms with Crippen LogP contribution in [0, 0.1) is 12.8 Å². The van der Waals surface area contributed by atoms with Gasteiger partial charge in [-0.1, -0.05) is 6.42 Å². The molecule has 0 aromatic carbocycles. The van der Waals surface area contributed by atoms with Gasteiger partial charge < -0.3 is 10.2 Å². The van der Waals surface area contributed by atoms with E-state index < -0.39 is 0 Å². The van der Waals surface area contributed by atoms with Crippen LogP contribution in [0.15, 0.2) is 12.1 Å². The van der Waals surface area contributed by atoms with Gasteiger partial charge in [0.05, 0.1) is 0 Å². The van der Waals surface area contributed by atoms with Crippen molar-refractivity contribution in [3.63, 3.8) is 0 Å². The van der Waals surface area contributed by atoms with Crippen LogP contribution < -0.4 is 5.32 Å². The number of fused-ring (bicyclic) bond motifs is 1. The number of likely N-dealkylation sites (tertiary alicyclic amines) is 1. The first kappa shape index (κ1) is 14.4. The van der Waals surface area contributed by atoms with Gasteiger partial charge in [-0.05, 0) is 57.6 Å². The molecule has 1 saturated carbocycles. The van der Waals surface area contributed by atoms with E-state index in [1.54, 1.807) is 0 Å². The Morgan fingerprint density at radius 1 is 1.33 bits per heavy atom. The molecule has 4 nitrogen and oxygen atoms in total. The first-order valence-electron chi connectivity index (χ1n) is 8.22. The third-order valence-electron chi connectivity index (χ3n) is 4.81. The van der Waals surface area contributed by atoms with Crippen LogP contribution in [0.4, 0.5) is 5.82 Å². The molecule has 4 heteroatoms. The third-order valence-corrected chi connectivity index (χ3v) is 4.81. The van der Waals surface area contributed by atoms with Crippen molar-refractivity contribution < 1.29 is 4.79 Å². The second-order valence-corrected chi connectivity index (χ2v) is 6.31. The molecule has 2 atom stereocenters. The summed E-state index contributed by atoms with van der Waals surface area (Å²) in [6.45, 7) is 5.72. The van der Waals surface area contributed by atoms with E-state index in [9.17, 15) is 4.79 Å². The molecule has 1 N–H and O–H groups in total. The number of pyridine rings is 1. The summed E-state index contributed by atoms with van der Waals surface area (Å²) in [7, 11) is 0. The van der Waals surface area contributed by atoms with Crippen molar-refractivity contribution in [2.75, 3.05) is 18.4 Å². The molecule has 21 heavy (non-hydrogen) atoms.